The standard InChI is InChI=1S/C17H16N2S3/c1-2-20-16-18-19-17(22-16)21-15(13-9-5-3-6-10-13)14-11-7-4-8-12-14/h3-12,15H,2H2,1H3. The molecule has 5 heteroatoms. The zero-order valence-corrected chi connectivity index (χ0v) is 14.6. The molecule has 3 aromatic rings. The molecular weight excluding hydrogens is 328 g/mol. The largest absolute Gasteiger partial charge is 0.176 e. The molecule has 0 radical (unpaired) electrons. The summed E-state index contributed by atoms with van der Waals surface area (Å²) in [4.78, 5) is 0. The molecule has 2 nitrogen and oxygen atoms in total. The van der Waals surface area contributed by atoms with Crippen LogP contribution in [0.15, 0.2) is 69.3 Å². The number of thioether (sulfide) groups is 2. The van der Waals surface area contributed by atoms with Crippen LogP contribution in [-0.2, 0) is 0 Å². The van der Waals surface area contributed by atoms with Gasteiger partial charge in [0.1, 0.15) is 0 Å². The van der Waals surface area contributed by atoms with Gasteiger partial charge in [-0.05, 0) is 16.9 Å². The van der Waals surface area contributed by atoms with Crippen LogP contribution in [0.1, 0.15) is 23.3 Å². The molecular formula is C17H16N2S3. The van der Waals surface area contributed by atoms with Crippen LogP contribution in [0.4, 0.5) is 0 Å². The molecule has 0 unspecified atom stereocenters. The summed E-state index contributed by atoms with van der Waals surface area (Å²) in [6.07, 6.45) is 0. The molecule has 0 N–H and O–H groups in total. The summed E-state index contributed by atoms with van der Waals surface area (Å²) in [5, 5.41) is 8.84. The number of aromatic nitrogens is 2. The molecule has 0 atom stereocenters. The molecule has 1 heterocycles. The average Bonchev–Trinajstić information content (AvgIpc) is 3.02. The number of rotatable bonds is 6. The highest BCUT2D eigenvalue weighted by molar-refractivity contribution is 8.03. The molecule has 0 spiro atoms. The van der Waals surface area contributed by atoms with Crippen molar-refractivity contribution in [3.63, 3.8) is 0 Å². The first kappa shape index (κ1) is 15.6. The van der Waals surface area contributed by atoms with Crippen LogP contribution in [0.25, 0.3) is 0 Å². The van der Waals surface area contributed by atoms with E-state index in [-0.39, 0.29) is 5.25 Å². The first-order valence-electron chi connectivity index (χ1n) is 7.09. The summed E-state index contributed by atoms with van der Waals surface area (Å²) >= 11 is 5.20. The van der Waals surface area contributed by atoms with Gasteiger partial charge >= 0.3 is 0 Å². The smallest absolute Gasteiger partial charge is 0.131 e. The van der Waals surface area contributed by atoms with Crippen molar-refractivity contribution in [3.05, 3.63) is 71.8 Å². The molecule has 0 aliphatic rings. The van der Waals surface area contributed by atoms with Crippen molar-refractivity contribution in [2.24, 2.45) is 0 Å². The van der Waals surface area contributed by atoms with Gasteiger partial charge < -0.3 is 0 Å². The van der Waals surface area contributed by atoms with E-state index in [1.165, 1.54) is 11.1 Å². The summed E-state index contributed by atoms with van der Waals surface area (Å²) in [5.41, 5.74) is 2.58. The Balaban J connectivity index is 1.88. The summed E-state index contributed by atoms with van der Waals surface area (Å²) in [7, 11) is 0. The molecule has 0 amide bonds. The van der Waals surface area contributed by atoms with Gasteiger partial charge in [-0.3, -0.25) is 0 Å². The zero-order valence-electron chi connectivity index (χ0n) is 12.2. The molecule has 0 fully saturated rings. The topological polar surface area (TPSA) is 25.8 Å². The van der Waals surface area contributed by atoms with Gasteiger partial charge in [0.05, 0.1) is 5.25 Å². The van der Waals surface area contributed by atoms with Gasteiger partial charge in [0.2, 0.25) is 0 Å². The second kappa shape index (κ2) is 7.81. The van der Waals surface area contributed by atoms with E-state index in [2.05, 4.69) is 77.8 Å². The predicted octanol–water partition coefficient (Wildman–Crippen LogP) is 5.53. The number of benzene rings is 2. The molecule has 0 aliphatic heterocycles. The van der Waals surface area contributed by atoms with E-state index in [1.54, 1.807) is 34.9 Å². The minimum Gasteiger partial charge on any atom is -0.131 e. The zero-order chi connectivity index (χ0) is 15.2. The van der Waals surface area contributed by atoms with Crippen LogP contribution in [0.5, 0.6) is 0 Å². The van der Waals surface area contributed by atoms with E-state index in [9.17, 15) is 0 Å². The highest BCUT2D eigenvalue weighted by atomic mass is 32.2. The second-order valence-electron chi connectivity index (χ2n) is 4.59. The monoisotopic (exact) mass is 344 g/mol. The third-order valence-corrected chi connectivity index (χ3v) is 6.41. The van der Waals surface area contributed by atoms with Crippen molar-refractivity contribution in [2.75, 3.05) is 5.75 Å². The molecule has 0 saturated heterocycles. The van der Waals surface area contributed by atoms with E-state index < -0.39 is 0 Å². The Labute approximate surface area is 143 Å². The predicted molar refractivity (Wildman–Crippen MR) is 96.9 cm³/mol. The molecule has 1 aromatic heterocycles. The maximum Gasteiger partial charge on any atom is 0.176 e. The first-order valence-corrected chi connectivity index (χ1v) is 9.78. The molecule has 112 valence electrons. The van der Waals surface area contributed by atoms with Crippen LogP contribution in [0.3, 0.4) is 0 Å². The number of hydrogen-bond acceptors (Lipinski definition) is 5. The van der Waals surface area contributed by atoms with Gasteiger partial charge in [-0.25, -0.2) is 0 Å². The van der Waals surface area contributed by atoms with Crippen molar-refractivity contribution >= 4 is 34.9 Å². The van der Waals surface area contributed by atoms with Gasteiger partial charge in [-0.15, -0.1) is 10.2 Å². The Morgan fingerprint density at radius 1 is 0.864 bits per heavy atom. The van der Waals surface area contributed by atoms with Crippen LogP contribution < -0.4 is 0 Å². The Bertz CT molecular complexity index is 659. The molecule has 3 rings (SSSR count). The molecule has 0 bridgehead atoms. The van der Waals surface area contributed by atoms with Crippen LogP contribution in [-0.4, -0.2) is 16.0 Å². The average molecular weight is 345 g/mol. The lowest BCUT2D eigenvalue weighted by atomic mass is 10.0. The van der Waals surface area contributed by atoms with Gasteiger partial charge in [0.25, 0.3) is 0 Å². The van der Waals surface area contributed by atoms with E-state index >= 15 is 0 Å². The Morgan fingerprint density at radius 3 is 1.95 bits per heavy atom. The minimum atomic E-state index is 0.245. The van der Waals surface area contributed by atoms with E-state index in [4.69, 9.17) is 0 Å². The highest BCUT2D eigenvalue weighted by Gasteiger charge is 2.18. The normalized spacial score (nSPS) is 11.0. The quantitative estimate of drug-likeness (QED) is 0.549. The molecule has 22 heavy (non-hydrogen) atoms. The fraction of sp³-hybridized carbons (Fsp3) is 0.176. The van der Waals surface area contributed by atoms with Crippen molar-refractivity contribution in [3.8, 4) is 0 Å². The molecule has 0 aliphatic carbocycles. The van der Waals surface area contributed by atoms with Crippen molar-refractivity contribution in [2.45, 2.75) is 20.9 Å². The number of hydrogen-bond donors (Lipinski definition) is 0. The van der Waals surface area contributed by atoms with Crippen molar-refractivity contribution in [1.82, 2.24) is 10.2 Å². The van der Waals surface area contributed by atoms with Crippen LogP contribution in [0.2, 0.25) is 0 Å². The first-order chi connectivity index (χ1) is 10.9. The lowest BCUT2D eigenvalue weighted by Gasteiger charge is -2.15. The van der Waals surface area contributed by atoms with Crippen molar-refractivity contribution < 1.29 is 0 Å². The second-order valence-corrected chi connectivity index (χ2v) is 8.43. The SMILES string of the molecule is CCSc1nnc(SC(c2ccccc2)c2ccccc2)s1. The maximum atomic E-state index is 4.34. The Morgan fingerprint density at radius 2 is 1.41 bits per heavy atom. The highest BCUT2D eigenvalue weighted by Crippen LogP contribution is 2.42. The lowest BCUT2D eigenvalue weighted by Crippen LogP contribution is -1.96. The number of nitrogens with zero attached hydrogens (tertiary/aromatic N) is 2. The third kappa shape index (κ3) is 3.91. The van der Waals surface area contributed by atoms with Gasteiger partial charge in [0, 0.05) is 0 Å². The van der Waals surface area contributed by atoms with Crippen LogP contribution >= 0.6 is 34.9 Å². The molecule has 0 saturated carbocycles. The lowest BCUT2D eigenvalue weighted by molar-refractivity contribution is 0.952. The maximum absolute atomic E-state index is 4.34. The summed E-state index contributed by atoms with van der Waals surface area (Å²) in [5.74, 6) is 1.03. The molecule has 2 aromatic carbocycles. The summed E-state index contributed by atoms with van der Waals surface area (Å²) < 4.78 is 2.07. The van der Waals surface area contributed by atoms with Gasteiger partial charge in [0.15, 0.2) is 8.68 Å². The summed E-state index contributed by atoms with van der Waals surface area (Å²) in [6.45, 7) is 2.13. The fourth-order valence-corrected chi connectivity index (χ4v) is 5.35. The minimum absolute atomic E-state index is 0.245. The Hall–Kier alpha value is -1.30. The van der Waals surface area contributed by atoms with Crippen LogP contribution in [0, 0.1) is 0 Å². The Kier molecular flexibility index (Phi) is 5.53. The third-order valence-electron chi connectivity index (χ3n) is 3.08. The fourth-order valence-electron chi connectivity index (χ4n) is 2.11. The van der Waals surface area contributed by atoms with E-state index in [0.717, 1.165) is 14.4 Å². The van der Waals surface area contributed by atoms with E-state index in [0.29, 0.717) is 0 Å². The summed E-state index contributed by atoms with van der Waals surface area (Å²) in [6, 6.07) is 21.2. The van der Waals surface area contributed by atoms with Crippen molar-refractivity contribution in [1.29, 1.82) is 0 Å². The van der Waals surface area contributed by atoms with E-state index in [1.807, 2.05) is 0 Å². The van der Waals surface area contributed by atoms with Gasteiger partial charge in [-0.1, -0.05) is 102 Å². The van der Waals surface area contributed by atoms with Gasteiger partial charge in [-0.2, -0.15) is 0 Å².